The number of rotatable bonds is 19. The molecule has 616 valence electrons. The van der Waals surface area contributed by atoms with Gasteiger partial charge in [-0.2, -0.15) is 6.42 Å². The van der Waals surface area contributed by atoms with Crippen LogP contribution in [0.15, 0.2) is 185 Å². The second-order valence-corrected chi connectivity index (χ2v) is 33.7. The number of terminal acetylenes is 1. The van der Waals surface area contributed by atoms with Crippen LogP contribution >= 0.6 is 38.5 Å². The Hall–Kier alpha value is -7.69. The first-order valence-corrected chi connectivity index (χ1v) is 41.7. The topological polar surface area (TPSA) is 18.5 Å². The molecule has 0 aliphatic heterocycles. The van der Waals surface area contributed by atoms with Crippen molar-refractivity contribution in [3.63, 3.8) is 0 Å². The molecule has 8 rings (SSSR count). The van der Waals surface area contributed by atoms with Gasteiger partial charge < -0.3 is 33.4 Å². The van der Waals surface area contributed by atoms with E-state index in [0.717, 1.165) is 135 Å². The number of benzene rings is 8. The minimum atomic E-state index is -4.75. The molecular formula is C96H109Br2F12IMgO2Si. The molecule has 0 saturated heterocycles. The number of aryl methyl sites for hydroxylation is 16. The van der Waals surface area contributed by atoms with Gasteiger partial charge in [0.1, 0.15) is 54.5 Å². The number of hydrogen-bond donors (Lipinski definition) is 0. The Labute approximate surface area is 729 Å². The summed E-state index contributed by atoms with van der Waals surface area (Å²) in [5, 5.41) is 0.714. The quantitative estimate of drug-likeness (QED) is 0.0153. The maximum Gasteiger partial charge on any atom is 2.00 e. The molecule has 0 amide bonds. The van der Waals surface area contributed by atoms with Gasteiger partial charge in [0.2, 0.25) is 0 Å². The Kier molecular flexibility index (Phi) is 55.6. The first-order valence-electron chi connectivity index (χ1n) is 36.0. The van der Waals surface area contributed by atoms with Crippen molar-refractivity contribution in [2.45, 2.75) is 192 Å². The normalized spacial score (nSPS) is 10.1. The monoisotopic (exact) mass is 1860 g/mol. The van der Waals surface area contributed by atoms with Gasteiger partial charge in [-0.15, -0.1) is 83.9 Å². The van der Waals surface area contributed by atoms with Crippen LogP contribution in [0, 0.1) is 157 Å². The summed E-state index contributed by atoms with van der Waals surface area (Å²) in [5.74, 6) is 9.35. The first-order chi connectivity index (χ1) is 52.4. The van der Waals surface area contributed by atoms with E-state index in [1.165, 1.54) is 56.3 Å². The molecule has 19 heteroatoms. The molecule has 0 fully saturated rings. The smallest absolute Gasteiger partial charge is 1.00 e. The average Bonchev–Trinajstić information content (AvgIpc) is 0.785. The summed E-state index contributed by atoms with van der Waals surface area (Å²) in [7, 11) is -1.46. The molecule has 8 aromatic rings. The summed E-state index contributed by atoms with van der Waals surface area (Å²) in [6, 6.07) is 30.5. The molecular weight excluding hydrogens is 1750 g/mol. The molecule has 0 saturated carbocycles. The minimum absolute atomic E-state index is 0. The van der Waals surface area contributed by atoms with E-state index in [9.17, 15) is 52.7 Å². The summed E-state index contributed by atoms with van der Waals surface area (Å²) in [6.07, 6.45) is 16.0. The van der Waals surface area contributed by atoms with E-state index in [2.05, 4.69) is 121 Å². The van der Waals surface area contributed by atoms with E-state index < -0.39 is 26.6 Å². The third-order valence-corrected chi connectivity index (χ3v) is 18.5. The number of hydrogen-bond acceptors (Lipinski definition) is 2. The van der Waals surface area contributed by atoms with Crippen molar-refractivity contribution in [3.05, 3.63) is 347 Å². The Bertz CT molecular complexity index is 4440. The Morgan fingerprint density at radius 2 is 0.713 bits per heavy atom. The molecule has 0 aliphatic carbocycles. The maximum atomic E-state index is 14.4. The summed E-state index contributed by atoms with van der Waals surface area (Å²) in [5.41, 5.74) is 18.8. The van der Waals surface area contributed by atoms with Gasteiger partial charge in [-0.25, -0.2) is 26.3 Å². The van der Waals surface area contributed by atoms with Gasteiger partial charge in [-0.3, -0.25) is 0 Å². The van der Waals surface area contributed by atoms with Gasteiger partial charge in [-0.05, 0) is 313 Å². The largest absolute Gasteiger partial charge is 2.00 e. The van der Waals surface area contributed by atoms with E-state index in [1.807, 2.05) is 125 Å². The van der Waals surface area contributed by atoms with Crippen LogP contribution in [-0.4, -0.2) is 43.9 Å². The first kappa shape index (κ1) is 111. The number of alkyl halides is 7. The van der Waals surface area contributed by atoms with E-state index in [-0.39, 0.29) is 93.6 Å². The molecule has 2 nitrogen and oxygen atoms in total. The zero-order valence-corrected chi connectivity index (χ0v) is 75.8. The Morgan fingerprint density at radius 1 is 0.417 bits per heavy atom. The molecule has 0 aliphatic rings. The zero-order valence-electron chi connectivity index (χ0n) is 68.1. The van der Waals surface area contributed by atoms with Crippen molar-refractivity contribution < 1.29 is 79.1 Å². The van der Waals surface area contributed by atoms with Gasteiger partial charge in [0.15, 0.2) is 0 Å². The molecule has 0 heterocycles. The van der Waals surface area contributed by atoms with E-state index >= 15 is 0 Å². The minimum Gasteiger partial charge on any atom is -1.00 e. The molecule has 0 radical (unpaired) electrons. The van der Waals surface area contributed by atoms with Crippen LogP contribution in [0.1, 0.15) is 163 Å². The maximum absolute atomic E-state index is 14.4. The average molecular weight is 1860 g/mol. The van der Waals surface area contributed by atoms with Crippen LogP contribution in [0.2, 0.25) is 19.6 Å². The summed E-state index contributed by atoms with van der Waals surface area (Å²) in [6.45, 7) is 50.9. The van der Waals surface area contributed by atoms with Crippen molar-refractivity contribution >= 4 is 69.6 Å². The van der Waals surface area contributed by atoms with Crippen molar-refractivity contribution in [1.29, 1.82) is 0 Å². The van der Waals surface area contributed by atoms with Crippen LogP contribution in [0.5, 0.6) is 11.5 Å². The van der Waals surface area contributed by atoms with Crippen LogP contribution in [-0.2, 0) is 37.4 Å². The Morgan fingerprint density at radius 3 is 1.01 bits per heavy atom. The van der Waals surface area contributed by atoms with Gasteiger partial charge in [0.05, 0.1) is 20.3 Å². The van der Waals surface area contributed by atoms with Gasteiger partial charge >= 0.3 is 35.8 Å². The molecule has 115 heavy (non-hydrogen) atoms. The fourth-order valence-electron chi connectivity index (χ4n) is 10.6. The predicted octanol–water partition coefficient (Wildman–Crippen LogP) is 26.2. The molecule has 0 aromatic heterocycles. The summed E-state index contributed by atoms with van der Waals surface area (Å²) >= 11 is 5.29. The van der Waals surface area contributed by atoms with Crippen LogP contribution in [0.25, 0.3) is 0 Å². The fraction of sp³-hybridized carbons (Fsp3) is 0.302. The van der Waals surface area contributed by atoms with E-state index in [1.54, 1.807) is 63.3 Å². The number of halogens is 15. The molecule has 0 N–H and O–H groups in total. The number of ether oxygens (including phenoxy) is 2. The fourth-order valence-corrected chi connectivity index (χ4v) is 11.8. The Balaban J connectivity index is -0.00000128. The standard InChI is InChI=1S/C22H20F4O.C16H21FSi.C13H13F.C11H12FI.C11H13F.C10H11F3O.C8H8BrF.C4H7.CH4.BrH.Mg/c1-5-6-7-17-10-14(2)19(20(23)13-17)9-8-18-11-15(3)21(16(4)12-18)27-22(24,25)26;1-6-7-8-14-11-13(2)15(16(17)12-14)9-10-18(3,4)5;1-4-6-7-11-8-10(3)12(5-2)13(14)9-11;1-3-4-5-9-6-8(2)11(13)10(12)7-9;1-3-4-5-10-6-9(2)7-11(12)8-10;1-6-4-7(2)9(8(3)5-6)14-10(11,12)13;1-6-2-7(5-9)4-8(10)3-6;1-3-4-2;;;/h5,10-13H,1,6-7H2,2-4H3;6,11-12H,1,7-8H2,2-5H3;2,4,8-9H,1,6-7H2,3H3;3,6-7H,1,4-5H2,2H3;3,6-8H,1,4-5H2,2H3;4-5H,1-3H3;2-4H,5H2,1H3;3H,1-2,4H2;1H4;1H;/q;;;;;;;-1;;;+2/p-1. The third-order valence-electron chi connectivity index (χ3n) is 15.6. The van der Waals surface area contributed by atoms with Crippen molar-refractivity contribution in [2.75, 3.05) is 0 Å². The van der Waals surface area contributed by atoms with Crippen LogP contribution in [0.3, 0.4) is 0 Å². The SMILES string of the molecule is C.C#Cc1c(C)cc(CCC=C)cc1F.C=CCCc1cc(C)c(C#C[Si](C)(C)C)c(F)c1.C=CCCc1cc(C)c(C#Cc2cc(C)c(OC(F)(F)F)c(C)c2)c(F)c1.C=CCCc1cc(C)c(I)c(F)c1.C=CCCc1cc(C)cc(F)c1.C=CC[CH2-].Cc1cc(C)c(OC(F)(F)F)c(C)c1.Cc1cc(F)cc(CBr)c1.[Br-].[Mg+2]. The van der Waals surface area contributed by atoms with Gasteiger partial charge in [0.25, 0.3) is 0 Å². The zero-order chi connectivity index (χ0) is 85.2. The van der Waals surface area contributed by atoms with Crippen molar-refractivity contribution in [3.8, 4) is 47.1 Å². The second kappa shape index (κ2) is 57.4. The van der Waals surface area contributed by atoms with Gasteiger partial charge in [-0.1, -0.05) is 151 Å². The molecule has 0 unspecified atom stereocenters. The molecule has 0 bridgehead atoms. The summed E-state index contributed by atoms with van der Waals surface area (Å²) < 4.78 is 162. The summed E-state index contributed by atoms with van der Waals surface area (Å²) in [4.78, 5) is 0. The second-order valence-electron chi connectivity index (χ2n) is 27.3. The van der Waals surface area contributed by atoms with Crippen molar-refractivity contribution in [2.24, 2.45) is 0 Å². The van der Waals surface area contributed by atoms with Gasteiger partial charge in [0, 0.05) is 10.9 Å². The molecule has 0 atom stereocenters. The van der Waals surface area contributed by atoms with E-state index in [0.29, 0.717) is 56.3 Å². The van der Waals surface area contributed by atoms with Crippen LogP contribution in [0.4, 0.5) is 52.7 Å². The van der Waals surface area contributed by atoms with E-state index in [4.69, 9.17) is 6.42 Å². The van der Waals surface area contributed by atoms with Crippen LogP contribution < -0.4 is 26.5 Å². The molecule has 0 spiro atoms. The third kappa shape index (κ3) is 46.2. The van der Waals surface area contributed by atoms with Crippen molar-refractivity contribution in [1.82, 2.24) is 0 Å². The number of allylic oxidation sites excluding steroid dienone is 6. The predicted molar refractivity (Wildman–Crippen MR) is 471 cm³/mol. The molecule has 8 aromatic carbocycles.